The van der Waals surface area contributed by atoms with Crippen molar-refractivity contribution < 1.29 is 14.3 Å². The number of thioether (sulfide) groups is 1. The van der Waals surface area contributed by atoms with E-state index in [1.54, 1.807) is 0 Å². The molecule has 0 atom stereocenters. The highest BCUT2D eigenvalue weighted by atomic mass is 32.2. The zero-order valence-electron chi connectivity index (χ0n) is 17.0. The number of benzene rings is 2. The van der Waals surface area contributed by atoms with Gasteiger partial charge in [0.15, 0.2) is 0 Å². The lowest BCUT2D eigenvalue weighted by molar-refractivity contribution is -0.135. The standard InChI is InChI=1S/C23H25N3O3S/c1-17-6-8-18(9-7-17)24-22(27)16-30-21-14-26(20-5-3-2-4-19(20)21)15-23(28)25-10-12-29-13-11-25/h2-9,14H,10-13,15-16H2,1H3,(H,24,27). The Morgan fingerprint density at radius 1 is 1.07 bits per heavy atom. The molecule has 4 rings (SSSR count). The van der Waals surface area contributed by atoms with Crippen molar-refractivity contribution in [2.75, 3.05) is 37.4 Å². The van der Waals surface area contributed by atoms with Crippen molar-refractivity contribution in [3.8, 4) is 0 Å². The highest BCUT2D eigenvalue weighted by Gasteiger charge is 2.19. The number of para-hydroxylation sites is 1. The Hall–Kier alpha value is -2.77. The van der Waals surface area contributed by atoms with Crippen molar-refractivity contribution in [2.45, 2.75) is 18.4 Å². The second-order valence-electron chi connectivity index (χ2n) is 7.33. The van der Waals surface area contributed by atoms with Crippen LogP contribution in [0.2, 0.25) is 0 Å². The maximum absolute atomic E-state index is 12.7. The number of fused-ring (bicyclic) bond motifs is 1. The summed E-state index contributed by atoms with van der Waals surface area (Å²) in [6, 6.07) is 15.7. The molecule has 2 heterocycles. The van der Waals surface area contributed by atoms with Gasteiger partial charge in [0, 0.05) is 40.8 Å². The number of amides is 2. The van der Waals surface area contributed by atoms with E-state index in [4.69, 9.17) is 4.74 Å². The molecule has 1 aliphatic rings. The van der Waals surface area contributed by atoms with Crippen LogP contribution in [-0.2, 0) is 20.9 Å². The van der Waals surface area contributed by atoms with Crippen molar-refractivity contribution in [1.29, 1.82) is 0 Å². The van der Waals surface area contributed by atoms with Crippen LogP contribution in [0.3, 0.4) is 0 Å². The Bertz CT molecular complexity index is 1040. The minimum Gasteiger partial charge on any atom is -0.378 e. The highest BCUT2D eigenvalue weighted by Crippen LogP contribution is 2.30. The first-order valence-corrected chi connectivity index (χ1v) is 11.0. The quantitative estimate of drug-likeness (QED) is 0.616. The van der Waals surface area contributed by atoms with Crippen LogP contribution in [-0.4, -0.2) is 53.3 Å². The van der Waals surface area contributed by atoms with Gasteiger partial charge < -0.3 is 19.5 Å². The first-order chi connectivity index (χ1) is 14.6. The number of morpholine rings is 1. The molecule has 1 aliphatic heterocycles. The predicted octanol–water partition coefficient (Wildman–Crippen LogP) is 3.54. The molecule has 1 aromatic heterocycles. The summed E-state index contributed by atoms with van der Waals surface area (Å²) in [5, 5.41) is 3.99. The molecule has 2 amide bonds. The molecule has 30 heavy (non-hydrogen) atoms. The Morgan fingerprint density at radius 2 is 1.80 bits per heavy atom. The molecule has 0 bridgehead atoms. The Balaban J connectivity index is 1.44. The molecule has 1 fully saturated rings. The minimum absolute atomic E-state index is 0.0509. The monoisotopic (exact) mass is 423 g/mol. The summed E-state index contributed by atoms with van der Waals surface area (Å²) in [4.78, 5) is 27.9. The number of hydrogen-bond acceptors (Lipinski definition) is 4. The van der Waals surface area contributed by atoms with E-state index in [0.717, 1.165) is 27.0 Å². The maximum atomic E-state index is 12.7. The SMILES string of the molecule is Cc1ccc(NC(=O)CSc2cn(CC(=O)N3CCOCC3)c3ccccc23)cc1. The summed E-state index contributed by atoms with van der Waals surface area (Å²) < 4.78 is 7.31. The summed E-state index contributed by atoms with van der Waals surface area (Å²) >= 11 is 1.49. The Labute approximate surface area is 180 Å². The Kier molecular flexibility index (Phi) is 6.40. The van der Waals surface area contributed by atoms with Crippen molar-refractivity contribution in [2.24, 2.45) is 0 Å². The molecule has 7 heteroatoms. The molecule has 0 saturated carbocycles. The van der Waals surface area contributed by atoms with E-state index < -0.39 is 0 Å². The van der Waals surface area contributed by atoms with Crippen LogP contribution in [0.5, 0.6) is 0 Å². The molecule has 1 N–H and O–H groups in total. The van der Waals surface area contributed by atoms with E-state index in [-0.39, 0.29) is 18.4 Å². The lowest BCUT2D eigenvalue weighted by atomic mass is 10.2. The van der Waals surface area contributed by atoms with Crippen molar-refractivity contribution in [1.82, 2.24) is 9.47 Å². The van der Waals surface area contributed by atoms with Crippen LogP contribution in [0.25, 0.3) is 10.9 Å². The number of nitrogens with zero attached hydrogens (tertiary/aromatic N) is 2. The largest absolute Gasteiger partial charge is 0.378 e. The topological polar surface area (TPSA) is 63.6 Å². The molecule has 0 aliphatic carbocycles. The number of ether oxygens (including phenoxy) is 1. The fourth-order valence-corrected chi connectivity index (χ4v) is 4.38. The van der Waals surface area contributed by atoms with E-state index in [1.165, 1.54) is 11.8 Å². The first kappa shape index (κ1) is 20.5. The smallest absolute Gasteiger partial charge is 0.242 e. The summed E-state index contributed by atoms with van der Waals surface area (Å²) in [6.45, 7) is 4.76. The number of carbonyl (C=O) groups is 2. The van der Waals surface area contributed by atoms with Crippen LogP contribution in [0.4, 0.5) is 5.69 Å². The molecule has 0 unspecified atom stereocenters. The van der Waals surface area contributed by atoms with Crippen LogP contribution < -0.4 is 5.32 Å². The van der Waals surface area contributed by atoms with Gasteiger partial charge in [0.05, 0.1) is 19.0 Å². The van der Waals surface area contributed by atoms with Gasteiger partial charge in [0.25, 0.3) is 0 Å². The van der Waals surface area contributed by atoms with Gasteiger partial charge >= 0.3 is 0 Å². The van der Waals surface area contributed by atoms with Gasteiger partial charge in [-0.05, 0) is 25.1 Å². The zero-order valence-corrected chi connectivity index (χ0v) is 17.8. The average molecular weight is 424 g/mol. The van der Waals surface area contributed by atoms with E-state index in [9.17, 15) is 9.59 Å². The van der Waals surface area contributed by atoms with Crippen molar-refractivity contribution in [3.05, 3.63) is 60.3 Å². The molecule has 1 saturated heterocycles. The van der Waals surface area contributed by atoms with Gasteiger partial charge in [0.2, 0.25) is 11.8 Å². The maximum Gasteiger partial charge on any atom is 0.242 e. The van der Waals surface area contributed by atoms with Gasteiger partial charge in [-0.25, -0.2) is 0 Å². The van der Waals surface area contributed by atoms with Gasteiger partial charge in [0.1, 0.15) is 6.54 Å². The molecule has 0 spiro atoms. The third kappa shape index (κ3) is 4.86. The predicted molar refractivity (Wildman–Crippen MR) is 120 cm³/mol. The lowest BCUT2D eigenvalue weighted by Crippen LogP contribution is -2.42. The van der Waals surface area contributed by atoms with Crippen molar-refractivity contribution >= 4 is 40.2 Å². The second-order valence-corrected chi connectivity index (χ2v) is 8.35. The number of carbonyl (C=O) groups excluding carboxylic acids is 2. The fourth-order valence-electron chi connectivity index (χ4n) is 3.49. The minimum atomic E-state index is -0.0509. The number of aromatic nitrogens is 1. The number of nitrogens with one attached hydrogen (secondary N) is 1. The summed E-state index contributed by atoms with van der Waals surface area (Å²) in [5.74, 6) is 0.344. The number of aryl methyl sites for hydroxylation is 1. The van der Waals surface area contributed by atoms with Crippen LogP contribution in [0.15, 0.2) is 59.6 Å². The van der Waals surface area contributed by atoms with Gasteiger partial charge in [-0.2, -0.15) is 0 Å². The molecule has 3 aromatic rings. The molecule has 2 aromatic carbocycles. The van der Waals surface area contributed by atoms with Gasteiger partial charge in [-0.3, -0.25) is 9.59 Å². The number of hydrogen-bond donors (Lipinski definition) is 1. The highest BCUT2D eigenvalue weighted by molar-refractivity contribution is 8.00. The normalized spacial score (nSPS) is 14.1. The van der Waals surface area contributed by atoms with Crippen molar-refractivity contribution in [3.63, 3.8) is 0 Å². The van der Waals surface area contributed by atoms with E-state index >= 15 is 0 Å². The van der Waals surface area contributed by atoms with Gasteiger partial charge in [-0.15, -0.1) is 11.8 Å². The molecule has 0 radical (unpaired) electrons. The molecular formula is C23H25N3O3S. The third-order valence-corrected chi connectivity index (χ3v) is 6.16. The van der Waals surface area contributed by atoms with E-state index in [0.29, 0.717) is 32.1 Å². The third-order valence-electron chi connectivity index (χ3n) is 5.12. The summed E-state index contributed by atoms with van der Waals surface area (Å²) in [5.41, 5.74) is 2.95. The summed E-state index contributed by atoms with van der Waals surface area (Å²) in [6.07, 6.45) is 1.98. The fraction of sp³-hybridized carbons (Fsp3) is 0.304. The number of anilines is 1. The zero-order chi connectivity index (χ0) is 20.9. The molecule has 6 nitrogen and oxygen atoms in total. The van der Waals surface area contributed by atoms with Crippen LogP contribution in [0.1, 0.15) is 5.56 Å². The number of rotatable bonds is 6. The van der Waals surface area contributed by atoms with Crippen LogP contribution in [0, 0.1) is 6.92 Å². The van der Waals surface area contributed by atoms with E-state index in [1.807, 2.05) is 71.1 Å². The summed E-state index contributed by atoms with van der Waals surface area (Å²) in [7, 11) is 0. The van der Waals surface area contributed by atoms with E-state index in [2.05, 4.69) is 5.32 Å². The molecule has 156 valence electrons. The molecular weight excluding hydrogens is 398 g/mol. The average Bonchev–Trinajstić information content (AvgIpc) is 3.12. The lowest BCUT2D eigenvalue weighted by Gasteiger charge is -2.27. The van der Waals surface area contributed by atoms with Gasteiger partial charge in [-0.1, -0.05) is 35.9 Å². The Morgan fingerprint density at radius 3 is 2.57 bits per heavy atom. The second kappa shape index (κ2) is 9.36. The first-order valence-electron chi connectivity index (χ1n) is 10.0. The van der Waals surface area contributed by atoms with Crippen LogP contribution >= 0.6 is 11.8 Å².